The molecule has 5 amide bonds. The van der Waals surface area contributed by atoms with Crippen LogP contribution in [0.2, 0.25) is 0 Å². The fourth-order valence-corrected chi connectivity index (χ4v) is 10.3. The molecule has 6 rings (SSSR count). The Bertz CT molecular complexity index is 2430. The van der Waals surface area contributed by atoms with Gasteiger partial charge in [-0.3, -0.25) is 33.8 Å². The molecule has 3 aromatic rings. The lowest BCUT2D eigenvalue weighted by atomic mass is 9.81. The second kappa shape index (κ2) is 30.2. The summed E-state index contributed by atoms with van der Waals surface area (Å²) < 4.78 is 0. The number of nitrogens with zero attached hydrogens (tertiary/aromatic N) is 4. The van der Waals surface area contributed by atoms with Gasteiger partial charge in [0.25, 0.3) is 5.91 Å². The van der Waals surface area contributed by atoms with Gasteiger partial charge in [0.2, 0.25) is 11.8 Å². The summed E-state index contributed by atoms with van der Waals surface area (Å²) in [5.41, 5.74) is 2.59. The number of benzene rings is 3. The Kier molecular flexibility index (Phi) is 23.2. The Balaban J connectivity index is 0.942. The number of hydrogen-bond acceptors (Lipinski definition) is 12. The van der Waals surface area contributed by atoms with Gasteiger partial charge in [0.05, 0.1) is 6.54 Å². The van der Waals surface area contributed by atoms with Crippen LogP contribution in [0.1, 0.15) is 92.1 Å². The van der Waals surface area contributed by atoms with Crippen LogP contribution in [0.3, 0.4) is 0 Å². The van der Waals surface area contributed by atoms with Crippen molar-refractivity contribution in [3.8, 4) is 0 Å². The molecule has 3 aliphatic rings. The van der Waals surface area contributed by atoms with Crippen LogP contribution in [-0.4, -0.2) is 191 Å². The molecule has 1 aliphatic carbocycles. The van der Waals surface area contributed by atoms with Gasteiger partial charge in [-0.15, -0.1) is 0 Å². The number of carboxylic acids is 4. The summed E-state index contributed by atoms with van der Waals surface area (Å²) in [5, 5.41) is 52.6. The minimum atomic E-state index is -1.53. The van der Waals surface area contributed by atoms with Crippen molar-refractivity contribution in [2.24, 2.45) is 11.8 Å². The molecule has 0 radical (unpaired) electrons. The summed E-state index contributed by atoms with van der Waals surface area (Å²) in [6.45, 7) is 10.6. The van der Waals surface area contributed by atoms with Gasteiger partial charge in [0.1, 0.15) is 18.1 Å². The van der Waals surface area contributed by atoms with Gasteiger partial charge < -0.3 is 56.8 Å². The third-order valence-corrected chi connectivity index (χ3v) is 14.8. The van der Waals surface area contributed by atoms with E-state index >= 15 is 0 Å². The number of nitrogens with one attached hydrogen (secondary N) is 5. The largest absolute Gasteiger partial charge is 0.481 e. The predicted octanol–water partition coefficient (Wildman–Crippen LogP) is 3.06. The van der Waals surface area contributed by atoms with E-state index in [4.69, 9.17) is 5.11 Å². The summed E-state index contributed by atoms with van der Waals surface area (Å²) in [5.74, 6) is -5.74. The third-order valence-electron chi connectivity index (χ3n) is 14.8. The lowest BCUT2D eigenvalue weighted by Crippen LogP contribution is -2.51. The molecule has 0 aromatic heterocycles. The molecular formula is C55H77N9O12. The van der Waals surface area contributed by atoms with Crippen molar-refractivity contribution in [1.29, 1.82) is 0 Å². The Morgan fingerprint density at radius 2 is 1.17 bits per heavy atom. The number of hydrogen-bond donors (Lipinski definition) is 9. The Hall–Kier alpha value is -6.68. The first-order valence-electron chi connectivity index (χ1n) is 26.9. The van der Waals surface area contributed by atoms with Crippen LogP contribution in [0.15, 0.2) is 66.7 Å². The van der Waals surface area contributed by atoms with Crippen LogP contribution in [-0.2, 0) is 41.7 Å². The van der Waals surface area contributed by atoms with E-state index in [-0.39, 0.29) is 62.4 Å². The van der Waals surface area contributed by atoms with E-state index in [2.05, 4.69) is 46.2 Å². The van der Waals surface area contributed by atoms with Crippen molar-refractivity contribution in [3.05, 3.63) is 83.4 Å². The second-order valence-corrected chi connectivity index (χ2v) is 20.5. The molecule has 21 heteroatoms. The highest BCUT2D eigenvalue weighted by Crippen LogP contribution is 2.29. The Morgan fingerprint density at radius 3 is 1.82 bits per heavy atom. The molecule has 414 valence electrons. The molecule has 3 aromatic carbocycles. The fraction of sp³-hybridized carbons (Fsp3) is 0.564. The highest BCUT2D eigenvalue weighted by Gasteiger charge is 2.31. The van der Waals surface area contributed by atoms with Gasteiger partial charge in [-0.1, -0.05) is 54.6 Å². The monoisotopic (exact) mass is 1060 g/mol. The van der Waals surface area contributed by atoms with Crippen LogP contribution < -0.4 is 26.6 Å². The number of aliphatic carboxylic acids is 4. The highest BCUT2D eigenvalue weighted by atomic mass is 16.4. The zero-order chi connectivity index (χ0) is 54.4. The molecule has 1 saturated carbocycles. The van der Waals surface area contributed by atoms with Crippen molar-refractivity contribution < 1.29 is 58.8 Å². The van der Waals surface area contributed by atoms with Gasteiger partial charge >= 0.3 is 29.9 Å². The molecule has 2 saturated heterocycles. The smallest absolute Gasteiger partial charge is 0.326 e. The maximum absolute atomic E-state index is 13.8. The molecule has 0 spiro atoms. The SMILES string of the molecule is O=C(O)CC[C@H](NC(=O)N[C@@H](CCCCNC(=O)[C@H](Cc1ccc2ccccc2c1)NC(=O)C1CCC(CNC(=O)c2ccc(CN3CCCN4CCN(CCCN(CC(=O)O)CC4)CC3)cc2)CC1)C(=O)O)C(=O)O. The summed E-state index contributed by atoms with van der Waals surface area (Å²) in [6.07, 6.45) is 4.49. The molecule has 2 unspecified atom stereocenters. The number of rotatable bonds is 24. The standard InChI is InChI=1S/C55H77N9O12/c65-48(66)21-20-46(54(74)75)60-55(76)59-45(53(72)73)9-3-4-22-56-52(71)47(34-40-14-15-41-7-1-2-8-44(41)33-40)58-51(70)43-16-10-38(11-17-43)35-57-50(69)42-18-12-39(13-19-42)36-63-25-5-23-62-28-27-61(29-31-63)24-6-26-64(32-30-62)37-49(67)68/h1-2,7-8,12-15,18-19,33,38,43,45-47H,3-6,9-11,16-17,20-32,34-37H2,(H,56,71)(H,57,69)(H,58,70)(H,65,66)(H,67,68)(H,72,73)(H,74,75)(H2,59,60,76)/t38?,43?,45-,46-,47-/m0/s1. The Morgan fingerprint density at radius 1 is 0.566 bits per heavy atom. The number of carbonyl (C=O) groups excluding carboxylic acids is 4. The molecule has 2 aliphatic heterocycles. The van der Waals surface area contributed by atoms with Crippen LogP contribution in [0.25, 0.3) is 10.8 Å². The summed E-state index contributed by atoms with van der Waals surface area (Å²) in [6, 6.07) is 16.7. The lowest BCUT2D eigenvalue weighted by molar-refractivity contribution is -0.141. The van der Waals surface area contributed by atoms with Crippen molar-refractivity contribution in [3.63, 3.8) is 0 Å². The Labute approximate surface area is 444 Å². The number of unbranched alkanes of at least 4 members (excludes halogenated alkanes) is 1. The maximum Gasteiger partial charge on any atom is 0.326 e. The fourth-order valence-electron chi connectivity index (χ4n) is 10.3. The first-order valence-corrected chi connectivity index (χ1v) is 26.9. The zero-order valence-corrected chi connectivity index (χ0v) is 43.5. The third kappa shape index (κ3) is 19.8. The van der Waals surface area contributed by atoms with E-state index in [1.54, 1.807) is 0 Å². The molecule has 2 heterocycles. The van der Waals surface area contributed by atoms with Gasteiger partial charge in [0, 0.05) is 89.8 Å². The summed E-state index contributed by atoms with van der Waals surface area (Å²) in [7, 11) is 0. The summed E-state index contributed by atoms with van der Waals surface area (Å²) >= 11 is 0. The van der Waals surface area contributed by atoms with E-state index < -0.39 is 60.4 Å². The molecule has 2 bridgehead atoms. The topological polar surface area (TPSA) is 291 Å². The normalized spacial score (nSPS) is 20.9. The lowest BCUT2D eigenvalue weighted by Gasteiger charge is -2.35. The first-order chi connectivity index (χ1) is 36.6. The molecule has 9 N–H and O–H groups in total. The number of fused-ring (bicyclic) bond motifs is 4. The molecule has 21 nitrogen and oxygen atoms in total. The van der Waals surface area contributed by atoms with Crippen molar-refractivity contribution in [2.45, 2.75) is 102 Å². The molecule has 5 atom stereocenters. The number of carbonyl (C=O) groups is 8. The van der Waals surface area contributed by atoms with Crippen LogP contribution in [0, 0.1) is 11.8 Å². The average molecular weight is 1060 g/mol. The van der Waals surface area contributed by atoms with E-state index in [1.165, 1.54) is 0 Å². The highest BCUT2D eigenvalue weighted by molar-refractivity contribution is 5.94. The van der Waals surface area contributed by atoms with Gasteiger partial charge in [-0.05, 0) is 124 Å². The number of carboxylic acid groups (broad SMARTS) is 4. The number of amides is 5. The molecule has 76 heavy (non-hydrogen) atoms. The van der Waals surface area contributed by atoms with E-state index in [1.807, 2.05) is 66.7 Å². The first kappa shape index (κ1) is 58.6. The summed E-state index contributed by atoms with van der Waals surface area (Å²) in [4.78, 5) is 109. The molecular weight excluding hydrogens is 979 g/mol. The maximum atomic E-state index is 13.8. The van der Waals surface area contributed by atoms with Crippen LogP contribution in [0.5, 0.6) is 0 Å². The van der Waals surface area contributed by atoms with Gasteiger partial charge in [0.15, 0.2) is 0 Å². The quantitative estimate of drug-likeness (QED) is 0.0583. The van der Waals surface area contributed by atoms with Crippen molar-refractivity contribution in [1.82, 2.24) is 46.2 Å². The minimum Gasteiger partial charge on any atom is -0.481 e. The van der Waals surface area contributed by atoms with E-state index in [0.717, 1.165) is 120 Å². The number of urea groups is 1. The van der Waals surface area contributed by atoms with Crippen molar-refractivity contribution >= 4 is 58.4 Å². The average Bonchev–Trinajstić information content (AvgIpc) is 3.40. The second-order valence-electron chi connectivity index (χ2n) is 20.5. The van der Waals surface area contributed by atoms with Gasteiger partial charge in [-0.25, -0.2) is 14.4 Å². The van der Waals surface area contributed by atoms with Crippen molar-refractivity contribution in [2.75, 3.05) is 85.1 Å². The molecule has 3 fully saturated rings. The zero-order valence-electron chi connectivity index (χ0n) is 43.5. The van der Waals surface area contributed by atoms with Gasteiger partial charge in [-0.2, -0.15) is 0 Å². The predicted molar refractivity (Wildman–Crippen MR) is 284 cm³/mol. The van der Waals surface area contributed by atoms with E-state index in [9.17, 15) is 53.7 Å². The van der Waals surface area contributed by atoms with Crippen LogP contribution >= 0.6 is 0 Å². The van der Waals surface area contributed by atoms with Crippen LogP contribution in [0.4, 0.5) is 4.79 Å². The minimum absolute atomic E-state index is 0.0387. The van der Waals surface area contributed by atoms with E-state index in [0.29, 0.717) is 31.4 Å².